The number of phenolic OH excluding ortho intramolecular Hbond substituents is 2. The Labute approximate surface area is 366 Å². The number of benzene rings is 3. The molecule has 342 valence electrons. The maximum atomic E-state index is 13.8. The smallest absolute Gasteiger partial charge is 0.245 e. The standard InChI is InChI=1S/C44H61N9O10/c1-3-26(2)38(53-40(59)32(46)21-28-12-16-30(55)17-13-28)44(63)52-34(23-29-14-18-31(56)19-15-29)41(60)48-24-37(57)49-36(25-54)43(62)51-35(22-27-9-5-4-6-10-27)42(61)50-33(39(47)58)11-7-8-20-45/h4-6,9-10,12-19,26,32-36,38,54-56H,3,7-8,11,20-25,45-46H2,1-2H3,(H2,47,58)(H,48,60)(H,49,57)(H,50,61)(H,51,62)(H,52,63)(H,53,59)/t26-,32-,33-,34-,35-,36-,38-/m0/s1. The van der Waals surface area contributed by atoms with Gasteiger partial charge in [-0.1, -0.05) is 74.9 Å². The Bertz CT molecular complexity index is 1970. The van der Waals surface area contributed by atoms with Gasteiger partial charge in [0.25, 0.3) is 0 Å². The summed E-state index contributed by atoms with van der Waals surface area (Å²) in [6.45, 7) is 2.33. The number of primary amides is 1. The Balaban J connectivity index is 1.72. The third-order valence-corrected chi connectivity index (χ3v) is 10.3. The second kappa shape index (κ2) is 26.0. The summed E-state index contributed by atoms with van der Waals surface area (Å²) in [5, 5.41) is 44.8. The molecule has 0 heterocycles. The first kappa shape index (κ1) is 50.8. The number of nitrogens with one attached hydrogen (secondary N) is 6. The highest BCUT2D eigenvalue weighted by atomic mass is 16.3. The molecule has 0 aliphatic rings. The lowest BCUT2D eigenvalue weighted by atomic mass is 9.96. The van der Waals surface area contributed by atoms with Crippen LogP contribution in [-0.4, -0.2) is 113 Å². The van der Waals surface area contributed by atoms with Crippen LogP contribution in [0.15, 0.2) is 78.9 Å². The minimum atomic E-state index is -1.58. The number of carbonyl (C=O) groups excluding carboxylic acids is 7. The van der Waals surface area contributed by atoms with Gasteiger partial charge in [0.15, 0.2) is 0 Å². The zero-order valence-electron chi connectivity index (χ0n) is 35.5. The molecule has 0 fully saturated rings. The summed E-state index contributed by atoms with van der Waals surface area (Å²) in [5.41, 5.74) is 19.1. The van der Waals surface area contributed by atoms with Crippen LogP contribution in [0.5, 0.6) is 11.5 Å². The van der Waals surface area contributed by atoms with Gasteiger partial charge in [0.1, 0.15) is 41.7 Å². The second-order valence-electron chi connectivity index (χ2n) is 15.3. The quantitative estimate of drug-likeness (QED) is 0.0417. The van der Waals surface area contributed by atoms with E-state index < -0.39 is 96.7 Å². The SMILES string of the molecule is CC[C@H](C)[C@H](NC(=O)[C@@H](N)Cc1ccc(O)cc1)C(=O)N[C@@H](Cc1ccc(O)cc1)C(=O)NCC(=O)N[C@@H](CO)C(=O)N[C@@H](Cc1ccccc1)C(=O)N[C@@H](CCCCN)C(N)=O. The molecule has 0 saturated heterocycles. The Kier molecular flexibility index (Phi) is 21.0. The summed E-state index contributed by atoms with van der Waals surface area (Å²) in [7, 11) is 0. The van der Waals surface area contributed by atoms with E-state index in [1.54, 1.807) is 49.4 Å². The molecule has 0 unspecified atom stereocenters. The number of aliphatic hydroxyl groups is 1. The number of unbranched alkanes of at least 4 members (excludes halogenated alkanes) is 1. The number of aromatic hydroxyl groups is 2. The minimum absolute atomic E-state index is 0.0167. The molecule has 0 aliphatic heterocycles. The van der Waals surface area contributed by atoms with Crippen molar-refractivity contribution in [3.05, 3.63) is 95.6 Å². The van der Waals surface area contributed by atoms with Crippen molar-refractivity contribution in [3.8, 4) is 11.5 Å². The van der Waals surface area contributed by atoms with Gasteiger partial charge in [-0.3, -0.25) is 33.6 Å². The fraction of sp³-hybridized carbons (Fsp3) is 0.432. The van der Waals surface area contributed by atoms with Crippen LogP contribution in [0, 0.1) is 5.92 Å². The van der Waals surface area contributed by atoms with Gasteiger partial charge < -0.3 is 64.4 Å². The van der Waals surface area contributed by atoms with Crippen molar-refractivity contribution in [2.75, 3.05) is 19.7 Å². The Morgan fingerprint density at radius 2 is 1.11 bits per heavy atom. The van der Waals surface area contributed by atoms with Gasteiger partial charge in [0.2, 0.25) is 41.4 Å². The molecule has 19 heteroatoms. The molecule has 0 radical (unpaired) electrons. The number of aliphatic hydroxyl groups excluding tert-OH is 1. The number of rotatable bonds is 26. The number of nitrogens with two attached hydrogens (primary N) is 3. The average Bonchev–Trinajstić information content (AvgIpc) is 3.26. The van der Waals surface area contributed by atoms with Crippen LogP contribution in [0.2, 0.25) is 0 Å². The second-order valence-corrected chi connectivity index (χ2v) is 15.3. The normalized spacial score (nSPS) is 14.3. The first-order chi connectivity index (χ1) is 30.0. The topological polar surface area (TPSA) is 330 Å². The van der Waals surface area contributed by atoms with E-state index in [2.05, 4.69) is 31.9 Å². The van der Waals surface area contributed by atoms with Crippen molar-refractivity contribution in [3.63, 3.8) is 0 Å². The lowest BCUT2D eigenvalue weighted by Crippen LogP contribution is -2.59. The minimum Gasteiger partial charge on any atom is -0.508 e. The van der Waals surface area contributed by atoms with Crippen molar-refractivity contribution < 1.29 is 48.9 Å². The molecule has 15 N–H and O–H groups in total. The molecule has 3 rings (SSSR count). The van der Waals surface area contributed by atoms with Crippen LogP contribution in [0.1, 0.15) is 56.2 Å². The molecule has 7 amide bonds. The molecule has 3 aromatic carbocycles. The summed E-state index contributed by atoms with van der Waals surface area (Å²) < 4.78 is 0. The zero-order valence-corrected chi connectivity index (χ0v) is 35.5. The number of carbonyl (C=O) groups is 7. The fourth-order valence-electron chi connectivity index (χ4n) is 6.39. The molecule has 3 aromatic rings. The lowest BCUT2D eigenvalue weighted by molar-refractivity contribution is -0.135. The molecule has 0 bridgehead atoms. The van der Waals surface area contributed by atoms with Crippen LogP contribution in [0.4, 0.5) is 0 Å². The first-order valence-electron chi connectivity index (χ1n) is 20.8. The van der Waals surface area contributed by atoms with E-state index in [1.807, 2.05) is 6.92 Å². The van der Waals surface area contributed by atoms with Gasteiger partial charge in [0, 0.05) is 12.8 Å². The molecule has 63 heavy (non-hydrogen) atoms. The summed E-state index contributed by atoms with van der Waals surface area (Å²) in [4.78, 5) is 92.9. The monoisotopic (exact) mass is 875 g/mol. The largest absolute Gasteiger partial charge is 0.508 e. The number of hydrogen-bond donors (Lipinski definition) is 12. The molecular weight excluding hydrogens is 815 g/mol. The molecule has 0 spiro atoms. The van der Waals surface area contributed by atoms with E-state index in [4.69, 9.17) is 17.2 Å². The van der Waals surface area contributed by atoms with Crippen molar-refractivity contribution in [1.82, 2.24) is 31.9 Å². The number of hydrogen-bond acceptors (Lipinski definition) is 12. The van der Waals surface area contributed by atoms with Crippen LogP contribution >= 0.6 is 0 Å². The average molecular weight is 876 g/mol. The van der Waals surface area contributed by atoms with Gasteiger partial charge in [-0.15, -0.1) is 0 Å². The fourth-order valence-corrected chi connectivity index (χ4v) is 6.39. The predicted octanol–water partition coefficient (Wildman–Crippen LogP) is -1.35. The Morgan fingerprint density at radius 1 is 0.603 bits per heavy atom. The van der Waals surface area contributed by atoms with E-state index >= 15 is 0 Å². The van der Waals surface area contributed by atoms with E-state index in [0.29, 0.717) is 42.5 Å². The van der Waals surface area contributed by atoms with Gasteiger partial charge in [0.05, 0.1) is 19.2 Å². The number of phenols is 2. The van der Waals surface area contributed by atoms with Gasteiger partial charge in [-0.2, -0.15) is 0 Å². The summed E-state index contributed by atoms with van der Waals surface area (Å²) >= 11 is 0. The van der Waals surface area contributed by atoms with Crippen LogP contribution in [-0.2, 0) is 52.8 Å². The first-order valence-corrected chi connectivity index (χ1v) is 20.8. The van der Waals surface area contributed by atoms with E-state index in [-0.39, 0.29) is 37.2 Å². The summed E-state index contributed by atoms with van der Waals surface area (Å²) in [5.74, 6) is -5.89. The number of amides is 7. The van der Waals surface area contributed by atoms with Crippen molar-refractivity contribution in [1.29, 1.82) is 0 Å². The summed E-state index contributed by atoms with van der Waals surface area (Å²) in [6, 6.07) is 13.3. The van der Waals surface area contributed by atoms with Crippen molar-refractivity contribution in [2.24, 2.45) is 23.1 Å². The molecule has 0 saturated carbocycles. The maximum absolute atomic E-state index is 13.8. The van der Waals surface area contributed by atoms with E-state index in [0.717, 1.165) is 0 Å². The highest BCUT2D eigenvalue weighted by Crippen LogP contribution is 2.15. The highest BCUT2D eigenvalue weighted by Gasteiger charge is 2.33. The third kappa shape index (κ3) is 17.4. The molecule has 0 aliphatic carbocycles. The maximum Gasteiger partial charge on any atom is 0.245 e. The van der Waals surface area contributed by atoms with Gasteiger partial charge in [-0.25, -0.2) is 0 Å². The van der Waals surface area contributed by atoms with E-state index in [1.165, 1.54) is 36.4 Å². The van der Waals surface area contributed by atoms with Crippen molar-refractivity contribution >= 4 is 41.4 Å². The van der Waals surface area contributed by atoms with Crippen LogP contribution < -0.4 is 49.1 Å². The molecule has 19 nitrogen and oxygen atoms in total. The van der Waals surface area contributed by atoms with Crippen molar-refractivity contribution in [2.45, 2.75) is 95.0 Å². The zero-order chi connectivity index (χ0) is 46.5. The van der Waals surface area contributed by atoms with Gasteiger partial charge in [-0.05, 0) is 79.1 Å². The van der Waals surface area contributed by atoms with Crippen LogP contribution in [0.3, 0.4) is 0 Å². The van der Waals surface area contributed by atoms with E-state index in [9.17, 15) is 48.9 Å². The lowest BCUT2D eigenvalue weighted by Gasteiger charge is -2.27. The van der Waals surface area contributed by atoms with Crippen LogP contribution in [0.25, 0.3) is 0 Å². The molecule has 7 atom stereocenters. The van der Waals surface area contributed by atoms with Gasteiger partial charge >= 0.3 is 0 Å². The highest BCUT2D eigenvalue weighted by molar-refractivity contribution is 5.96. The molecular formula is C44H61N9O10. The molecule has 0 aromatic heterocycles. The predicted molar refractivity (Wildman–Crippen MR) is 233 cm³/mol. The third-order valence-electron chi connectivity index (χ3n) is 10.3. The Morgan fingerprint density at radius 3 is 1.65 bits per heavy atom. The summed E-state index contributed by atoms with van der Waals surface area (Å²) in [6.07, 6.45) is 1.78. The Hall–Kier alpha value is -6.57.